The fourth-order valence-corrected chi connectivity index (χ4v) is 2.60. The highest BCUT2D eigenvalue weighted by atomic mass is 32.1. The minimum atomic E-state index is -0.155. The second kappa shape index (κ2) is 8.33. The Morgan fingerprint density at radius 2 is 2.17 bits per heavy atom. The summed E-state index contributed by atoms with van der Waals surface area (Å²) in [5, 5.41) is 5.65. The second-order valence-corrected chi connectivity index (χ2v) is 5.70. The third kappa shape index (κ3) is 5.10. The van der Waals surface area contributed by atoms with Crippen LogP contribution in [0.5, 0.6) is 11.5 Å². The molecule has 0 atom stereocenters. The van der Waals surface area contributed by atoms with Crippen molar-refractivity contribution >= 4 is 29.4 Å². The van der Waals surface area contributed by atoms with Gasteiger partial charge in [-0.2, -0.15) is 0 Å². The smallest absolute Gasteiger partial charge is 0.257 e. The van der Waals surface area contributed by atoms with Crippen molar-refractivity contribution in [1.29, 1.82) is 0 Å². The first kappa shape index (κ1) is 17.0. The number of carbonyl (C=O) groups excluding carboxylic acids is 1. The van der Waals surface area contributed by atoms with E-state index >= 15 is 0 Å². The van der Waals surface area contributed by atoms with Crippen LogP contribution in [0.25, 0.3) is 12.2 Å². The van der Waals surface area contributed by atoms with Crippen LogP contribution in [0.1, 0.15) is 23.2 Å². The number of nitrogens with zero attached hydrogens (tertiary/aromatic N) is 1. The molecule has 1 N–H and O–H groups in total. The molecule has 23 heavy (non-hydrogen) atoms. The molecule has 1 amide bonds. The van der Waals surface area contributed by atoms with Crippen LogP contribution < -0.4 is 14.8 Å². The maximum atomic E-state index is 11.5. The summed E-state index contributed by atoms with van der Waals surface area (Å²) in [5.74, 6) is 0.977. The van der Waals surface area contributed by atoms with Crippen LogP contribution in [-0.2, 0) is 4.79 Å². The molecule has 2 rings (SSSR count). The van der Waals surface area contributed by atoms with Crippen molar-refractivity contribution in [1.82, 2.24) is 10.3 Å². The number of thiazole rings is 1. The number of benzene rings is 1. The molecule has 0 fully saturated rings. The molecule has 0 aliphatic carbocycles. The maximum Gasteiger partial charge on any atom is 0.257 e. The third-order valence-electron chi connectivity index (χ3n) is 2.98. The molecule has 1 heterocycles. The number of carbonyl (C=O) groups is 1. The van der Waals surface area contributed by atoms with Gasteiger partial charge in [-0.1, -0.05) is 12.1 Å². The summed E-state index contributed by atoms with van der Waals surface area (Å²) in [7, 11) is 1.58. The van der Waals surface area contributed by atoms with Gasteiger partial charge in [0, 0.05) is 17.6 Å². The summed E-state index contributed by atoms with van der Waals surface area (Å²) < 4.78 is 10.8. The molecule has 5 nitrogen and oxygen atoms in total. The Morgan fingerprint density at radius 1 is 1.35 bits per heavy atom. The molecule has 0 unspecified atom stereocenters. The number of nitrogens with one attached hydrogen (secondary N) is 1. The van der Waals surface area contributed by atoms with Gasteiger partial charge in [0.1, 0.15) is 5.01 Å². The number of likely N-dealkylation sites (N-methyl/N-ethyl adjacent to an activating group) is 1. The Bertz CT molecular complexity index is 695. The zero-order valence-electron chi connectivity index (χ0n) is 13.5. The van der Waals surface area contributed by atoms with E-state index in [4.69, 9.17) is 9.47 Å². The normalized spacial score (nSPS) is 10.7. The van der Waals surface area contributed by atoms with E-state index in [0.29, 0.717) is 18.0 Å². The number of aromatic nitrogens is 1. The number of hydrogen-bond donors (Lipinski definition) is 1. The van der Waals surface area contributed by atoms with Gasteiger partial charge < -0.3 is 14.8 Å². The summed E-state index contributed by atoms with van der Waals surface area (Å²) in [6.45, 7) is 4.39. The van der Waals surface area contributed by atoms with Gasteiger partial charge in [-0.25, -0.2) is 4.98 Å². The van der Waals surface area contributed by atoms with Crippen molar-refractivity contribution < 1.29 is 14.3 Å². The van der Waals surface area contributed by atoms with E-state index in [-0.39, 0.29) is 12.5 Å². The average molecular weight is 332 g/mol. The highest BCUT2D eigenvalue weighted by Crippen LogP contribution is 2.28. The van der Waals surface area contributed by atoms with Crippen LogP contribution in [0.3, 0.4) is 0 Å². The summed E-state index contributed by atoms with van der Waals surface area (Å²) in [6.07, 6.45) is 3.93. The minimum absolute atomic E-state index is 0.0300. The lowest BCUT2D eigenvalue weighted by Gasteiger charge is -2.11. The van der Waals surface area contributed by atoms with Crippen molar-refractivity contribution in [2.45, 2.75) is 13.8 Å². The van der Waals surface area contributed by atoms with Crippen molar-refractivity contribution in [3.63, 3.8) is 0 Å². The SMILES string of the molecule is CCNC(=O)COc1ccc(/C=C/c2nc(C)cs2)cc1OC. The molecule has 122 valence electrons. The van der Waals surface area contributed by atoms with Crippen LogP contribution in [0, 0.1) is 6.92 Å². The van der Waals surface area contributed by atoms with Gasteiger partial charge in [0.2, 0.25) is 0 Å². The van der Waals surface area contributed by atoms with Crippen LogP contribution in [0.4, 0.5) is 0 Å². The number of ether oxygens (including phenoxy) is 2. The first-order valence-electron chi connectivity index (χ1n) is 7.30. The monoisotopic (exact) mass is 332 g/mol. The van der Waals surface area contributed by atoms with E-state index in [1.54, 1.807) is 24.5 Å². The Hall–Kier alpha value is -2.34. The highest BCUT2D eigenvalue weighted by Gasteiger charge is 2.07. The van der Waals surface area contributed by atoms with E-state index in [1.807, 2.05) is 43.5 Å². The number of aryl methyl sites for hydroxylation is 1. The van der Waals surface area contributed by atoms with Crippen molar-refractivity contribution in [2.24, 2.45) is 0 Å². The molecule has 2 aromatic rings. The maximum absolute atomic E-state index is 11.5. The predicted octanol–water partition coefficient (Wildman–Crippen LogP) is 3.15. The molecule has 0 saturated carbocycles. The molecule has 1 aromatic heterocycles. The van der Waals surface area contributed by atoms with E-state index in [0.717, 1.165) is 16.3 Å². The quantitative estimate of drug-likeness (QED) is 0.846. The van der Waals surface area contributed by atoms with E-state index < -0.39 is 0 Å². The van der Waals surface area contributed by atoms with Gasteiger partial charge in [0.05, 0.1) is 7.11 Å². The summed E-state index contributed by atoms with van der Waals surface area (Å²) in [5.41, 5.74) is 1.99. The van der Waals surface area contributed by atoms with Crippen molar-refractivity contribution in [3.8, 4) is 11.5 Å². The molecule has 0 aliphatic heterocycles. The van der Waals surface area contributed by atoms with E-state index in [1.165, 1.54) is 0 Å². The second-order valence-electron chi connectivity index (χ2n) is 4.81. The molecule has 1 aromatic carbocycles. The number of hydrogen-bond acceptors (Lipinski definition) is 5. The van der Waals surface area contributed by atoms with Crippen molar-refractivity contribution in [3.05, 3.63) is 39.8 Å². The predicted molar refractivity (Wildman–Crippen MR) is 93.0 cm³/mol. The third-order valence-corrected chi connectivity index (χ3v) is 3.90. The minimum Gasteiger partial charge on any atom is -0.493 e. The summed E-state index contributed by atoms with van der Waals surface area (Å²) in [4.78, 5) is 15.8. The van der Waals surface area contributed by atoms with Gasteiger partial charge in [-0.05, 0) is 37.6 Å². The number of amides is 1. The molecule has 0 spiro atoms. The summed E-state index contributed by atoms with van der Waals surface area (Å²) in [6, 6.07) is 5.57. The van der Waals surface area contributed by atoms with E-state index in [9.17, 15) is 4.79 Å². The van der Waals surface area contributed by atoms with Crippen LogP contribution in [0.15, 0.2) is 23.6 Å². The number of methoxy groups -OCH3 is 1. The standard InChI is InChI=1S/C17H20N2O3S/c1-4-18-16(20)10-22-14-7-5-13(9-15(14)21-3)6-8-17-19-12(2)11-23-17/h5-9,11H,4,10H2,1-3H3,(H,18,20)/b8-6+. The Morgan fingerprint density at radius 3 is 2.83 bits per heavy atom. The van der Waals surface area contributed by atoms with E-state index in [2.05, 4.69) is 10.3 Å². The molecular weight excluding hydrogens is 312 g/mol. The molecule has 0 bridgehead atoms. The Balaban J connectivity index is 2.06. The van der Waals surface area contributed by atoms with Crippen LogP contribution in [0.2, 0.25) is 0 Å². The average Bonchev–Trinajstić information content (AvgIpc) is 2.97. The topological polar surface area (TPSA) is 60.5 Å². The van der Waals surface area contributed by atoms with Gasteiger partial charge >= 0.3 is 0 Å². The highest BCUT2D eigenvalue weighted by molar-refractivity contribution is 7.10. The molecule has 0 saturated heterocycles. The first-order chi connectivity index (χ1) is 11.1. The lowest BCUT2D eigenvalue weighted by molar-refractivity contribution is -0.123. The lowest BCUT2D eigenvalue weighted by atomic mass is 10.2. The Labute approximate surface area is 140 Å². The van der Waals surface area contributed by atoms with Crippen LogP contribution >= 0.6 is 11.3 Å². The van der Waals surface area contributed by atoms with Crippen molar-refractivity contribution in [2.75, 3.05) is 20.3 Å². The zero-order valence-corrected chi connectivity index (χ0v) is 14.3. The fraction of sp³-hybridized carbons (Fsp3) is 0.294. The first-order valence-corrected chi connectivity index (χ1v) is 8.18. The largest absolute Gasteiger partial charge is 0.493 e. The number of rotatable bonds is 7. The van der Waals surface area contributed by atoms with Gasteiger partial charge in [0.15, 0.2) is 18.1 Å². The fourth-order valence-electron chi connectivity index (χ4n) is 1.91. The summed E-state index contributed by atoms with van der Waals surface area (Å²) >= 11 is 1.60. The van der Waals surface area contributed by atoms with Gasteiger partial charge in [-0.3, -0.25) is 4.79 Å². The Kier molecular flexibility index (Phi) is 6.17. The lowest BCUT2D eigenvalue weighted by Crippen LogP contribution is -2.28. The van der Waals surface area contributed by atoms with Crippen LogP contribution in [-0.4, -0.2) is 31.2 Å². The van der Waals surface area contributed by atoms with Gasteiger partial charge in [-0.15, -0.1) is 11.3 Å². The van der Waals surface area contributed by atoms with Gasteiger partial charge in [0.25, 0.3) is 5.91 Å². The zero-order chi connectivity index (χ0) is 16.7. The molecular formula is C17H20N2O3S. The molecule has 0 aliphatic rings. The molecule has 0 radical (unpaired) electrons. The molecule has 6 heteroatoms.